The summed E-state index contributed by atoms with van der Waals surface area (Å²) in [4.78, 5) is 22.5. The molecular weight excluding hydrogens is 470 g/mol. The van der Waals surface area contributed by atoms with E-state index in [1.165, 1.54) is 18.4 Å². The summed E-state index contributed by atoms with van der Waals surface area (Å²) in [5.41, 5.74) is 3.03. The molecule has 36 heavy (non-hydrogen) atoms. The zero-order chi connectivity index (χ0) is 24.3. The fourth-order valence-corrected chi connectivity index (χ4v) is 5.86. The highest BCUT2D eigenvalue weighted by molar-refractivity contribution is 7.21. The zero-order valence-corrected chi connectivity index (χ0v) is 21.0. The summed E-state index contributed by atoms with van der Waals surface area (Å²) in [6.45, 7) is 2.15. The molecule has 8 nitrogen and oxygen atoms in total. The smallest absolute Gasteiger partial charge is 0.225 e. The second-order valence-corrected chi connectivity index (χ2v) is 10.7. The van der Waals surface area contributed by atoms with Crippen molar-refractivity contribution in [2.75, 3.05) is 28.6 Å². The minimum Gasteiger partial charge on any atom is -0.393 e. The number of rotatable bonds is 7. The molecule has 2 fully saturated rings. The summed E-state index contributed by atoms with van der Waals surface area (Å²) < 4.78 is 0. The maximum atomic E-state index is 9.87. The summed E-state index contributed by atoms with van der Waals surface area (Å²) >= 11 is 1.55. The Kier molecular flexibility index (Phi) is 6.65. The van der Waals surface area contributed by atoms with Gasteiger partial charge in [0.25, 0.3) is 0 Å². The molecule has 0 radical (unpaired) electrons. The average molecular weight is 502 g/mol. The van der Waals surface area contributed by atoms with Crippen LogP contribution in [0.15, 0.2) is 48.5 Å². The van der Waals surface area contributed by atoms with E-state index < -0.39 is 0 Å². The average Bonchev–Trinajstić information content (AvgIpc) is 3.55. The Balaban J connectivity index is 1.25. The highest BCUT2D eigenvalue weighted by Crippen LogP contribution is 2.30. The number of aliphatic hydroxyl groups is 1. The molecule has 1 aliphatic carbocycles. The quantitative estimate of drug-likeness (QED) is 0.321. The Bertz CT molecular complexity index is 1310. The van der Waals surface area contributed by atoms with E-state index in [1.54, 1.807) is 11.3 Å². The second-order valence-electron chi connectivity index (χ2n) is 9.71. The van der Waals surface area contributed by atoms with Crippen molar-refractivity contribution < 1.29 is 5.11 Å². The van der Waals surface area contributed by atoms with Gasteiger partial charge in [0.1, 0.15) is 22.0 Å². The largest absolute Gasteiger partial charge is 0.393 e. The van der Waals surface area contributed by atoms with Crippen molar-refractivity contribution in [3.8, 4) is 0 Å². The van der Waals surface area contributed by atoms with Gasteiger partial charge in [-0.05, 0) is 56.2 Å². The lowest BCUT2D eigenvalue weighted by molar-refractivity contribution is 0.126. The highest BCUT2D eigenvalue weighted by Gasteiger charge is 2.21. The Hall–Kier alpha value is -3.30. The molecule has 1 aromatic carbocycles. The van der Waals surface area contributed by atoms with E-state index in [4.69, 9.17) is 19.9 Å². The number of anilines is 4. The predicted octanol–water partition coefficient (Wildman–Crippen LogP) is 5.13. The number of aliphatic hydroxyl groups excluding tert-OH is 1. The molecule has 1 aliphatic heterocycles. The second kappa shape index (κ2) is 10.4. The molecule has 0 atom stereocenters. The molecule has 3 N–H and O–H groups in total. The van der Waals surface area contributed by atoms with Gasteiger partial charge >= 0.3 is 0 Å². The summed E-state index contributed by atoms with van der Waals surface area (Å²) in [5.74, 6) is 2.36. The Morgan fingerprint density at radius 3 is 2.53 bits per heavy atom. The van der Waals surface area contributed by atoms with Gasteiger partial charge in [-0.25, -0.2) is 15.0 Å². The van der Waals surface area contributed by atoms with Crippen LogP contribution in [0.1, 0.15) is 49.8 Å². The molecule has 6 rings (SSSR count). The van der Waals surface area contributed by atoms with Gasteiger partial charge < -0.3 is 20.6 Å². The number of thiazole rings is 1. The summed E-state index contributed by atoms with van der Waals surface area (Å²) in [6, 6.07) is 16.7. The van der Waals surface area contributed by atoms with Crippen molar-refractivity contribution in [1.29, 1.82) is 0 Å². The third-order valence-electron chi connectivity index (χ3n) is 6.94. The molecule has 1 saturated carbocycles. The molecule has 0 bridgehead atoms. The minimum atomic E-state index is -0.191. The van der Waals surface area contributed by atoms with Crippen LogP contribution in [0, 0.1) is 0 Å². The monoisotopic (exact) mass is 501 g/mol. The van der Waals surface area contributed by atoms with Gasteiger partial charge in [-0.2, -0.15) is 4.98 Å². The summed E-state index contributed by atoms with van der Waals surface area (Å²) in [7, 11) is 0. The van der Waals surface area contributed by atoms with Crippen LogP contribution in [0.5, 0.6) is 0 Å². The molecule has 4 aromatic rings. The van der Waals surface area contributed by atoms with Gasteiger partial charge in [0.15, 0.2) is 5.13 Å². The molecule has 0 unspecified atom stereocenters. The zero-order valence-electron chi connectivity index (χ0n) is 20.2. The van der Waals surface area contributed by atoms with Crippen LogP contribution < -0.4 is 15.5 Å². The molecule has 4 heterocycles. The summed E-state index contributed by atoms with van der Waals surface area (Å²) in [6.07, 6.45) is 6.44. The number of hydrogen-bond acceptors (Lipinski definition) is 9. The van der Waals surface area contributed by atoms with Crippen LogP contribution in [0.3, 0.4) is 0 Å². The van der Waals surface area contributed by atoms with Crippen LogP contribution >= 0.6 is 11.3 Å². The first kappa shape index (κ1) is 23.1. The SMILES string of the molecule is OC1CCC(Nc2nc(Cc3ccccc3)cc(Nc3nc4ccc(N5CCCC5)nc4s3)n2)CC1. The third-order valence-corrected chi connectivity index (χ3v) is 7.82. The van der Waals surface area contributed by atoms with E-state index in [2.05, 4.69) is 39.8 Å². The maximum Gasteiger partial charge on any atom is 0.225 e. The number of nitrogens with zero attached hydrogens (tertiary/aromatic N) is 5. The Morgan fingerprint density at radius 2 is 1.72 bits per heavy atom. The van der Waals surface area contributed by atoms with Crippen LogP contribution in [-0.4, -0.2) is 50.3 Å². The molecule has 3 aromatic heterocycles. The van der Waals surface area contributed by atoms with Gasteiger partial charge in [-0.15, -0.1) is 0 Å². The van der Waals surface area contributed by atoms with Crippen LogP contribution in [0.25, 0.3) is 10.3 Å². The number of pyridine rings is 1. The fourth-order valence-electron chi connectivity index (χ4n) is 5.02. The Morgan fingerprint density at radius 1 is 0.917 bits per heavy atom. The van der Waals surface area contributed by atoms with Gasteiger partial charge in [0.05, 0.1) is 11.8 Å². The molecule has 9 heteroatoms. The fraction of sp³-hybridized carbons (Fsp3) is 0.407. The first-order valence-electron chi connectivity index (χ1n) is 12.8. The number of hydrogen-bond donors (Lipinski definition) is 3. The highest BCUT2D eigenvalue weighted by atomic mass is 32.1. The van der Waals surface area contributed by atoms with Gasteiger partial charge in [0.2, 0.25) is 5.95 Å². The normalized spacial score (nSPS) is 20.1. The van der Waals surface area contributed by atoms with E-state index >= 15 is 0 Å². The molecule has 1 saturated heterocycles. The van der Waals surface area contributed by atoms with Crippen LogP contribution in [0.4, 0.5) is 22.7 Å². The van der Waals surface area contributed by atoms with Crippen molar-refractivity contribution in [2.45, 2.75) is 57.1 Å². The molecule has 186 valence electrons. The Labute approximate surface area is 214 Å². The van der Waals surface area contributed by atoms with E-state index in [9.17, 15) is 5.11 Å². The van der Waals surface area contributed by atoms with Crippen molar-refractivity contribution in [2.24, 2.45) is 0 Å². The lowest BCUT2D eigenvalue weighted by Gasteiger charge is -2.26. The topological polar surface area (TPSA) is 99.1 Å². The lowest BCUT2D eigenvalue weighted by atomic mass is 9.93. The number of nitrogens with one attached hydrogen (secondary N) is 2. The summed E-state index contributed by atoms with van der Waals surface area (Å²) in [5, 5.41) is 17.6. The number of aromatic nitrogens is 4. The lowest BCUT2D eigenvalue weighted by Crippen LogP contribution is -2.29. The molecule has 0 amide bonds. The van der Waals surface area contributed by atoms with E-state index in [-0.39, 0.29) is 12.1 Å². The van der Waals surface area contributed by atoms with E-state index in [1.807, 2.05) is 24.3 Å². The van der Waals surface area contributed by atoms with Crippen molar-refractivity contribution in [3.05, 3.63) is 59.8 Å². The molecule has 2 aliphatic rings. The van der Waals surface area contributed by atoms with Crippen molar-refractivity contribution in [1.82, 2.24) is 19.9 Å². The molecule has 0 spiro atoms. The third kappa shape index (κ3) is 5.42. The van der Waals surface area contributed by atoms with Crippen molar-refractivity contribution >= 4 is 44.4 Å². The first-order valence-corrected chi connectivity index (χ1v) is 13.7. The number of benzene rings is 1. The predicted molar refractivity (Wildman–Crippen MR) is 145 cm³/mol. The van der Waals surface area contributed by atoms with Gasteiger partial charge in [0, 0.05) is 31.6 Å². The first-order chi connectivity index (χ1) is 17.7. The van der Waals surface area contributed by atoms with Crippen LogP contribution in [0.2, 0.25) is 0 Å². The molecular formula is C27H31N7OS. The van der Waals surface area contributed by atoms with E-state index in [0.29, 0.717) is 11.8 Å². The van der Waals surface area contributed by atoms with Crippen molar-refractivity contribution in [3.63, 3.8) is 0 Å². The number of fused-ring (bicyclic) bond motifs is 1. The maximum absolute atomic E-state index is 9.87. The van der Waals surface area contributed by atoms with Gasteiger partial charge in [-0.3, -0.25) is 0 Å². The van der Waals surface area contributed by atoms with Gasteiger partial charge in [-0.1, -0.05) is 41.7 Å². The van der Waals surface area contributed by atoms with E-state index in [0.717, 1.165) is 72.2 Å². The minimum absolute atomic E-state index is 0.191. The van der Waals surface area contributed by atoms with Crippen LogP contribution in [-0.2, 0) is 6.42 Å². The standard InChI is InChI=1S/C27H31N7OS/c35-21-10-8-19(9-11-21)28-26-29-20(16-18-6-2-1-3-7-18)17-23(31-26)32-27-30-22-12-13-24(33-25(22)36-27)34-14-4-5-15-34/h1-3,6-7,12-13,17,19,21,35H,4-5,8-11,14-16H2,(H2,28,29,30,31,32).